The summed E-state index contributed by atoms with van der Waals surface area (Å²) in [4.78, 5) is 25.8. The lowest BCUT2D eigenvalue weighted by Gasteiger charge is -2.27. The number of alkyl carbamates (subject to hydrolysis) is 1. The number of aromatic nitrogens is 2. The van der Waals surface area contributed by atoms with Crippen molar-refractivity contribution in [1.29, 1.82) is 0 Å². The molecule has 10 nitrogen and oxygen atoms in total. The largest absolute Gasteiger partial charge is 0.524 e. The number of halogens is 1. The predicted molar refractivity (Wildman–Crippen MR) is 106 cm³/mol. The number of hydrogen-bond acceptors (Lipinski definition) is 9. The van der Waals surface area contributed by atoms with E-state index in [1.165, 1.54) is 19.4 Å². The first-order chi connectivity index (χ1) is 14.5. The third-order valence-corrected chi connectivity index (χ3v) is 5.75. The van der Waals surface area contributed by atoms with Gasteiger partial charge >= 0.3 is 12.2 Å². The van der Waals surface area contributed by atoms with Crippen LogP contribution < -0.4 is 19.4 Å². The van der Waals surface area contributed by atoms with E-state index in [1.54, 1.807) is 12.1 Å². The van der Waals surface area contributed by atoms with Gasteiger partial charge in [0.05, 0.1) is 30.6 Å². The van der Waals surface area contributed by atoms with Crippen LogP contribution in [0.15, 0.2) is 24.4 Å². The molecule has 3 heterocycles. The lowest BCUT2D eigenvalue weighted by atomic mass is 10.2. The molecule has 2 fully saturated rings. The molecule has 2 amide bonds. The molecule has 0 saturated carbocycles. The van der Waals surface area contributed by atoms with Crippen LogP contribution in [0.1, 0.15) is 6.42 Å². The lowest BCUT2D eigenvalue weighted by Crippen LogP contribution is -2.52. The van der Waals surface area contributed by atoms with E-state index < -0.39 is 18.0 Å². The molecule has 2 atom stereocenters. The van der Waals surface area contributed by atoms with E-state index in [2.05, 4.69) is 18.8 Å². The van der Waals surface area contributed by atoms with E-state index in [0.717, 1.165) is 11.7 Å². The number of anilines is 1. The van der Waals surface area contributed by atoms with Crippen LogP contribution in [0.4, 0.5) is 25.4 Å². The minimum Gasteiger partial charge on any atom is -0.453 e. The van der Waals surface area contributed by atoms with Crippen LogP contribution in [0.25, 0.3) is 0 Å². The average Bonchev–Trinajstić information content (AvgIpc) is 3.48. The number of quaternary nitrogens is 1. The molecule has 2 saturated heterocycles. The summed E-state index contributed by atoms with van der Waals surface area (Å²) in [5.74, 6) is -0.158. The van der Waals surface area contributed by atoms with Crippen LogP contribution in [0, 0.1) is 5.82 Å². The zero-order valence-corrected chi connectivity index (χ0v) is 17.1. The van der Waals surface area contributed by atoms with Gasteiger partial charge in [0.1, 0.15) is 25.0 Å². The molecule has 30 heavy (non-hydrogen) atoms. The Kier molecular flexibility index (Phi) is 5.68. The molecule has 1 aromatic carbocycles. The number of rotatable bonds is 6. The first kappa shape index (κ1) is 20.3. The summed E-state index contributed by atoms with van der Waals surface area (Å²) in [6.45, 7) is 1.52. The summed E-state index contributed by atoms with van der Waals surface area (Å²) in [5, 5.41) is 2.73. The van der Waals surface area contributed by atoms with Gasteiger partial charge in [0, 0.05) is 25.2 Å². The highest BCUT2D eigenvalue weighted by molar-refractivity contribution is 6.99. The van der Waals surface area contributed by atoms with Crippen LogP contribution in [0.2, 0.25) is 0 Å². The van der Waals surface area contributed by atoms with Gasteiger partial charge in [-0.1, -0.05) is 0 Å². The van der Waals surface area contributed by atoms with E-state index >= 15 is 4.39 Å². The number of cyclic esters (lactones) is 1. The van der Waals surface area contributed by atoms with Gasteiger partial charge in [-0.2, -0.15) is 13.7 Å². The first-order valence-electron chi connectivity index (χ1n) is 9.36. The van der Waals surface area contributed by atoms with Crippen molar-refractivity contribution in [2.24, 2.45) is 0 Å². The van der Waals surface area contributed by atoms with Gasteiger partial charge < -0.3 is 24.4 Å². The molecule has 4 rings (SSSR count). The molecule has 0 spiro atoms. The van der Waals surface area contributed by atoms with Crippen molar-refractivity contribution in [3.05, 3.63) is 30.2 Å². The van der Waals surface area contributed by atoms with Crippen molar-refractivity contribution >= 4 is 35.3 Å². The second-order valence-electron chi connectivity index (χ2n) is 7.03. The third kappa shape index (κ3) is 3.87. The van der Waals surface area contributed by atoms with E-state index in [0.29, 0.717) is 43.3 Å². The Morgan fingerprint density at radius 3 is 3.03 bits per heavy atom. The van der Waals surface area contributed by atoms with Crippen molar-refractivity contribution in [3.63, 3.8) is 0 Å². The van der Waals surface area contributed by atoms with Crippen LogP contribution in [-0.2, 0) is 9.47 Å². The number of hydrogen-bond donors (Lipinski definition) is 1. The fourth-order valence-electron chi connectivity index (χ4n) is 3.67. The van der Waals surface area contributed by atoms with Gasteiger partial charge in [-0.15, -0.1) is 4.37 Å². The highest BCUT2D eigenvalue weighted by atomic mass is 32.1. The highest BCUT2D eigenvalue weighted by Gasteiger charge is 2.48. The van der Waals surface area contributed by atoms with Crippen molar-refractivity contribution in [2.75, 3.05) is 45.0 Å². The number of ether oxygens (including phenoxy) is 3. The number of methoxy groups -OCH3 is 1. The van der Waals surface area contributed by atoms with E-state index in [1.807, 2.05) is 4.90 Å². The van der Waals surface area contributed by atoms with Crippen molar-refractivity contribution in [1.82, 2.24) is 18.5 Å². The molecular formula is C18H21FN5O5S+. The van der Waals surface area contributed by atoms with E-state index in [4.69, 9.17) is 9.47 Å². The monoisotopic (exact) mass is 438 g/mol. The number of nitrogens with zero attached hydrogens (tertiary/aromatic N) is 4. The second kappa shape index (κ2) is 8.40. The summed E-state index contributed by atoms with van der Waals surface area (Å²) >= 11 is 0.994. The van der Waals surface area contributed by atoms with Gasteiger partial charge in [0.15, 0.2) is 5.82 Å². The smallest absolute Gasteiger partial charge is 0.453 e. The summed E-state index contributed by atoms with van der Waals surface area (Å²) in [5.41, 5.74) is 0.841. The molecule has 0 aliphatic carbocycles. The summed E-state index contributed by atoms with van der Waals surface area (Å²) < 4.78 is 38.0. The first-order valence-corrected chi connectivity index (χ1v) is 10.1. The topological polar surface area (TPSA) is 103 Å². The quantitative estimate of drug-likeness (QED) is 0.684. The molecule has 1 aromatic heterocycles. The van der Waals surface area contributed by atoms with Gasteiger partial charge in [0.25, 0.3) is 0 Å². The Morgan fingerprint density at radius 2 is 2.37 bits per heavy atom. The van der Waals surface area contributed by atoms with E-state index in [-0.39, 0.29) is 23.9 Å². The fraction of sp³-hybridized carbons (Fsp3) is 0.444. The van der Waals surface area contributed by atoms with Gasteiger partial charge in [-0.3, -0.25) is 0 Å². The molecule has 2 aliphatic rings. The zero-order valence-electron chi connectivity index (χ0n) is 16.2. The number of nitrogens with one attached hydrogen (secondary N) is 1. The number of carbonyl (C=O) groups is 2. The molecule has 160 valence electrons. The number of carbonyl (C=O) groups excluding carboxylic acids is 2. The van der Waals surface area contributed by atoms with Crippen LogP contribution >= 0.6 is 11.7 Å². The fourth-order valence-corrected chi connectivity index (χ4v) is 4.03. The summed E-state index contributed by atoms with van der Waals surface area (Å²) in [7, 11) is 1.30. The average molecular weight is 438 g/mol. The Labute approximate surface area is 176 Å². The molecule has 1 N–H and O–H groups in total. The molecule has 1 unspecified atom stereocenters. The third-order valence-electron chi connectivity index (χ3n) is 5.28. The zero-order chi connectivity index (χ0) is 21.1. The SMILES string of the molecule is COC(=O)N[C@H]1CCN(c2ccc([N+]3(COc4cnsn4)CCOC3=O)cc2F)C1. The Balaban J connectivity index is 1.52. The second-order valence-corrected chi connectivity index (χ2v) is 7.58. The Morgan fingerprint density at radius 1 is 1.50 bits per heavy atom. The van der Waals surface area contributed by atoms with Crippen LogP contribution in [-0.4, -0.2) is 67.1 Å². The molecule has 2 aliphatic heterocycles. The van der Waals surface area contributed by atoms with Crippen molar-refractivity contribution < 1.29 is 28.2 Å². The Hall–Kier alpha value is -2.99. The van der Waals surface area contributed by atoms with Gasteiger partial charge in [-0.05, 0) is 12.5 Å². The van der Waals surface area contributed by atoms with Crippen molar-refractivity contribution in [3.8, 4) is 5.88 Å². The molecule has 0 bridgehead atoms. The molecule has 2 aromatic rings. The molecule has 12 heteroatoms. The molecular weight excluding hydrogens is 417 g/mol. The maximum atomic E-state index is 15.0. The maximum absolute atomic E-state index is 15.0. The molecule has 0 radical (unpaired) electrons. The maximum Gasteiger partial charge on any atom is 0.524 e. The summed E-state index contributed by atoms with van der Waals surface area (Å²) in [6, 6.07) is 4.56. The van der Waals surface area contributed by atoms with Crippen LogP contribution in [0.3, 0.4) is 0 Å². The summed E-state index contributed by atoms with van der Waals surface area (Å²) in [6.07, 6.45) is 1.12. The predicted octanol–water partition coefficient (Wildman–Crippen LogP) is 2.11. The standard InChI is InChI=1S/C18H20FN5O5S/c1-27-17(25)21-12-4-5-23(10-12)15-3-2-13(8-14(15)19)24(6-7-28-18(24)26)11-29-16-9-20-30-22-16/h2-3,8-9,12H,4-7,10-11H2,1H3/p+1/t12-,24?/m0/s1. The number of benzene rings is 1. The van der Waals surface area contributed by atoms with Crippen LogP contribution in [0.5, 0.6) is 5.88 Å². The number of amides is 2. The normalized spacial score (nSPS) is 23.3. The van der Waals surface area contributed by atoms with Gasteiger partial charge in [0.2, 0.25) is 12.6 Å². The minimum atomic E-state index is -0.507. The Bertz CT molecular complexity index is 930. The lowest BCUT2D eigenvalue weighted by molar-refractivity contribution is 0.127. The van der Waals surface area contributed by atoms with E-state index in [9.17, 15) is 9.59 Å². The van der Waals surface area contributed by atoms with Gasteiger partial charge in [-0.25, -0.2) is 9.18 Å². The van der Waals surface area contributed by atoms with Crippen molar-refractivity contribution in [2.45, 2.75) is 12.5 Å². The highest BCUT2D eigenvalue weighted by Crippen LogP contribution is 2.33. The minimum absolute atomic E-state index is 0.0716.